The predicted octanol–water partition coefficient (Wildman–Crippen LogP) is 3.04. The van der Waals surface area contributed by atoms with Gasteiger partial charge >= 0.3 is 0 Å². The van der Waals surface area contributed by atoms with Gasteiger partial charge in [0.2, 0.25) is 0 Å². The van der Waals surface area contributed by atoms with Gasteiger partial charge in [0, 0.05) is 24.9 Å². The van der Waals surface area contributed by atoms with Crippen LogP contribution in [0, 0.1) is 0 Å². The highest BCUT2D eigenvalue weighted by Crippen LogP contribution is 2.34. The SMILES string of the molecule is O=C(CN1CCOCC1)N1N=C(c2cc3ccccc3o2)C[C@@H]1c1ccco1. The Kier molecular flexibility index (Phi) is 4.46. The van der Waals surface area contributed by atoms with Gasteiger partial charge in [-0.3, -0.25) is 9.69 Å². The Bertz CT molecular complexity index is 969. The van der Waals surface area contributed by atoms with E-state index in [9.17, 15) is 4.79 Å². The van der Waals surface area contributed by atoms with E-state index in [4.69, 9.17) is 13.6 Å². The second-order valence-electron chi connectivity index (χ2n) is 7.06. The number of fused-ring (bicyclic) bond motifs is 1. The summed E-state index contributed by atoms with van der Waals surface area (Å²) in [7, 11) is 0. The lowest BCUT2D eigenvalue weighted by molar-refractivity contribution is -0.135. The summed E-state index contributed by atoms with van der Waals surface area (Å²) in [4.78, 5) is 15.1. The molecule has 1 saturated heterocycles. The van der Waals surface area contributed by atoms with E-state index in [1.54, 1.807) is 11.3 Å². The number of furan rings is 2. The number of ether oxygens (including phenoxy) is 1. The first kappa shape index (κ1) is 17.2. The Morgan fingerprint density at radius 3 is 2.79 bits per heavy atom. The maximum Gasteiger partial charge on any atom is 0.257 e. The van der Waals surface area contributed by atoms with E-state index in [1.807, 2.05) is 42.5 Å². The van der Waals surface area contributed by atoms with Crippen LogP contribution in [0.5, 0.6) is 0 Å². The monoisotopic (exact) mass is 379 g/mol. The number of hydrogen-bond donors (Lipinski definition) is 0. The number of rotatable bonds is 4. The third-order valence-corrected chi connectivity index (χ3v) is 5.21. The summed E-state index contributed by atoms with van der Waals surface area (Å²) >= 11 is 0. The van der Waals surface area contributed by atoms with Gasteiger partial charge in [-0.1, -0.05) is 18.2 Å². The molecule has 1 aromatic carbocycles. The van der Waals surface area contributed by atoms with E-state index in [1.165, 1.54) is 0 Å². The summed E-state index contributed by atoms with van der Waals surface area (Å²) in [6.07, 6.45) is 2.18. The summed E-state index contributed by atoms with van der Waals surface area (Å²) in [5.74, 6) is 1.37. The lowest BCUT2D eigenvalue weighted by Crippen LogP contribution is -2.43. The zero-order chi connectivity index (χ0) is 18.9. The van der Waals surface area contributed by atoms with Gasteiger partial charge < -0.3 is 13.6 Å². The summed E-state index contributed by atoms with van der Waals surface area (Å²) < 4.78 is 16.9. The Morgan fingerprint density at radius 1 is 1.14 bits per heavy atom. The average molecular weight is 379 g/mol. The second-order valence-corrected chi connectivity index (χ2v) is 7.06. The van der Waals surface area contributed by atoms with Gasteiger partial charge in [-0.15, -0.1) is 0 Å². The molecule has 0 N–H and O–H groups in total. The molecule has 1 amide bonds. The number of para-hydroxylation sites is 1. The number of nitrogens with zero attached hydrogens (tertiary/aromatic N) is 3. The number of amides is 1. The van der Waals surface area contributed by atoms with Gasteiger partial charge in [-0.05, 0) is 24.3 Å². The van der Waals surface area contributed by atoms with Crippen LogP contribution in [0.25, 0.3) is 11.0 Å². The molecule has 2 aromatic heterocycles. The Morgan fingerprint density at radius 2 is 2.00 bits per heavy atom. The van der Waals surface area contributed by atoms with Gasteiger partial charge in [-0.2, -0.15) is 5.10 Å². The highest BCUT2D eigenvalue weighted by molar-refractivity contribution is 6.03. The van der Waals surface area contributed by atoms with Crippen LogP contribution in [0.3, 0.4) is 0 Å². The van der Waals surface area contributed by atoms with Crippen molar-refractivity contribution < 1.29 is 18.4 Å². The Balaban J connectivity index is 1.43. The predicted molar refractivity (Wildman–Crippen MR) is 103 cm³/mol. The molecule has 7 heteroatoms. The van der Waals surface area contributed by atoms with Gasteiger partial charge in [-0.25, -0.2) is 5.01 Å². The number of benzene rings is 1. The quantitative estimate of drug-likeness (QED) is 0.697. The number of carbonyl (C=O) groups excluding carboxylic acids is 1. The fourth-order valence-electron chi connectivity index (χ4n) is 3.74. The summed E-state index contributed by atoms with van der Waals surface area (Å²) in [5, 5.41) is 7.22. The zero-order valence-corrected chi connectivity index (χ0v) is 15.4. The molecule has 2 aliphatic heterocycles. The first-order valence-corrected chi connectivity index (χ1v) is 9.50. The van der Waals surface area contributed by atoms with Gasteiger partial charge in [0.1, 0.15) is 23.1 Å². The third-order valence-electron chi connectivity index (χ3n) is 5.21. The first-order valence-electron chi connectivity index (χ1n) is 9.50. The molecular weight excluding hydrogens is 358 g/mol. The molecule has 3 aromatic rings. The largest absolute Gasteiger partial charge is 0.467 e. The van der Waals surface area contributed by atoms with Gasteiger partial charge in [0.05, 0.1) is 26.0 Å². The van der Waals surface area contributed by atoms with Crippen LogP contribution in [0.4, 0.5) is 0 Å². The Labute approximate surface area is 162 Å². The molecule has 0 bridgehead atoms. The third kappa shape index (κ3) is 3.23. The van der Waals surface area contributed by atoms with E-state index in [-0.39, 0.29) is 11.9 Å². The van der Waals surface area contributed by atoms with Crippen molar-refractivity contribution in [2.24, 2.45) is 5.10 Å². The minimum atomic E-state index is -0.258. The zero-order valence-electron chi connectivity index (χ0n) is 15.4. The minimum Gasteiger partial charge on any atom is -0.467 e. The number of carbonyl (C=O) groups is 1. The van der Waals surface area contributed by atoms with Crippen molar-refractivity contribution in [3.05, 3.63) is 60.2 Å². The first-order chi connectivity index (χ1) is 13.8. The molecule has 1 atom stereocenters. The van der Waals surface area contributed by atoms with E-state index in [2.05, 4.69) is 10.0 Å². The van der Waals surface area contributed by atoms with E-state index in [0.717, 1.165) is 35.5 Å². The molecule has 0 unspecified atom stereocenters. The van der Waals surface area contributed by atoms with Crippen LogP contribution >= 0.6 is 0 Å². The van der Waals surface area contributed by atoms with Gasteiger partial charge in [0.15, 0.2) is 5.76 Å². The minimum absolute atomic E-state index is 0.0468. The number of hydrogen-bond acceptors (Lipinski definition) is 6. The van der Waals surface area contributed by atoms with Crippen molar-refractivity contribution in [1.29, 1.82) is 0 Å². The van der Waals surface area contributed by atoms with Crippen LogP contribution in [0.15, 0.2) is 62.7 Å². The van der Waals surface area contributed by atoms with Crippen LogP contribution in [0.1, 0.15) is 24.0 Å². The van der Waals surface area contributed by atoms with Crippen molar-refractivity contribution >= 4 is 22.6 Å². The molecule has 5 rings (SSSR count). The molecule has 0 spiro atoms. The molecule has 144 valence electrons. The molecule has 7 nitrogen and oxygen atoms in total. The molecule has 28 heavy (non-hydrogen) atoms. The van der Waals surface area contributed by atoms with Crippen molar-refractivity contribution in [3.63, 3.8) is 0 Å². The smallest absolute Gasteiger partial charge is 0.257 e. The average Bonchev–Trinajstić information content (AvgIpc) is 3.46. The standard InChI is InChI=1S/C21H21N3O4/c25-21(14-23-7-10-26-11-8-23)24-17(19-6-3-9-27-19)13-16(22-24)20-12-15-4-1-2-5-18(15)28-20/h1-6,9,12,17H,7-8,10-11,13-14H2/t17-/m1/s1. The van der Waals surface area contributed by atoms with Crippen LogP contribution < -0.4 is 0 Å². The maximum atomic E-state index is 13.0. The van der Waals surface area contributed by atoms with E-state index < -0.39 is 0 Å². The van der Waals surface area contributed by atoms with Crippen molar-refractivity contribution in [1.82, 2.24) is 9.91 Å². The second kappa shape index (κ2) is 7.26. The van der Waals surface area contributed by atoms with E-state index >= 15 is 0 Å². The topological polar surface area (TPSA) is 71.4 Å². The highest BCUT2D eigenvalue weighted by atomic mass is 16.5. The lowest BCUT2D eigenvalue weighted by Gasteiger charge is -2.28. The number of morpholine rings is 1. The number of hydrazone groups is 1. The summed E-state index contributed by atoms with van der Waals surface area (Å²) in [6.45, 7) is 3.14. The molecule has 4 heterocycles. The molecule has 0 saturated carbocycles. The molecular formula is C21H21N3O4. The molecule has 1 fully saturated rings. The fourth-order valence-corrected chi connectivity index (χ4v) is 3.74. The van der Waals surface area contributed by atoms with Crippen LogP contribution in [-0.4, -0.2) is 54.4 Å². The van der Waals surface area contributed by atoms with Gasteiger partial charge in [0.25, 0.3) is 5.91 Å². The maximum absolute atomic E-state index is 13.0. The van der Waals surface area contributed by atoms with Crippen LogP contribution in [0.2, 0.25) is 0 Å². The van der Waals surface area contributed by atoms with Crippen LogP contribution in [-0.2, 0) is 9.53 Å². The molecule has 0 aliphatic carbocycles. The summed E-state index contributed by atoms with van der Waals surface area (Å²) in [6, 6.07) is 13.3. The fraction of sp³-hybridized carbons (Fsp3) is 0.333. The molecule has 2 aliphatic rings. The van der Waals surface area contributed by atoms with Crippen molar-refractivity contribution in [2.45, 2.75) is 12.5 Å². The van der Waals surface area contributed by atoms with E-state index in [0.29, 0.717) is 31.9 Å². The highest BCUT2D eigenvalue weighted by Gasteiger charge is 2.36. The van der Waals surface area contributed by atoms with Crippen molar-refractivity contribution in [3.8, 4) is 0 Å². The summed E-state index contributed by atoms with van der Waals surface area (Å²) in [5.41, 5.74) is 1.57. The normalized spacial score (nSPS) is 20.6. The van der Waals surface area contributed by atoms with Crippen molar-refractivity contribution in [2.75, 3.05) is 32.8 Å². The lowest BCUT2D eigenvalue weighted by atomic mass is 10.1. The molecule has 0 radical (unpaired) electrons. The Hall–Kier alpha value is -2.90.